The highest BCUT2D eigenvalue weighted by Crippen LogP contribution is 2.18. The molecule has 1 aromatic carbocycles. The van der Waals surface area contributed by atoms with Crippen LogP contribution in [-0.2, 0) is 10.0 Å². The Balaban J connectivity index is 2.28. The topological polar surface area (TPSA) is 101 Å². The van der Waals surface area contributed by atoms with E-state index in [0.29, 0.717) is 11.4 Å². The third-order valence-electron chi connectivity index (χ3n) is 2.70. The van der Waals surface area contributed by atoms with Crippen LogP contribution in [0.2, 0.25) is 0 Å². The molecule has 0 aliphatic rings. The van der Waals surface area contributed by atoms with E-state index >= 15 is 0 Å². The number of H-pyrrole nitrogens is 1. The molecular formula is C11H15N5O2S. The summed E-state index contributed by atoms with van der Waals surface area (Å²) >= 11 is 0. The molecule has 2 N–H and O–H groups in total. The number of tetrazole rings is 1. The number of hydrogen-bond acceptors (Lipinski definition) is 5. The van der Waals surface area contributed by atoms with Gasteiger partial charge in [-0.1, -0.05) is 22.9 Å². The monoisotopic (exact) mass is 281 g/mol. The van der Waals surface area contributed by atoms with Crippen LogP contribution in [0.3, 0.4) is 0 Å². The predicted octanol–water partition coefficient (Wildman–Crippen LogP) is 0.856. The van der Waals surface area contributed by atoms with Gasteiger partial charge >= 0.3 is 0 Å². The second kappa shape index (κ2) is 5.06. The Morgan fingerprint density at radius 3 is 2.63 bits per heavy atom. The van der Waals surface area contributed by atoms with Crippen LogP contribution in [0.25, 0.3) is 0 Å². The molecule has 2 rings (SSSR count). The number of rotatable bonds is 4. The van der Waals surface area contributed by atoms with E-state index in [1.54, 1.807) is 26.0 Å². The first-order chi connectivity index (χ1) is 8.90. The van der Waals surface area contributed by atoms with Crippen LogP contribution in [0.5, 0.6) is 0 Å². The van der Waals surface area contributed by atoms with E-state index in [1.165, 1.54) is 0 Å². The molecule has 0 aliphatic heterocycles. The molecule has 102 valence electrons. The average Bonchev–Trinajstić information content (AvgIpc) is 2.80. The van der Waals surface area contributed by atoms with Gasteiger partial charge in [0, 0.05) is 0 Å². The van der Waals surface area contributed by atoms with Crippen molar-refractivity contribution in [2.24, 2.45) is 0 Å². The number of benzene rings is 1. The Morgan fingerprint density at radius 1 is 1.32 bits per heavy atom. The highest BCUT2D eigenvalue weighted by atomic mass is 32.2. The summed E-state index contributed by atoms with van der Waals surface area (Å²) in [5, 5.41) is 13.2. The molecule has 0 saturated carbocycles. The molecule has 0 saturated heterocycles. The lowest BCUT2D eigenvalue weighted by atomic mass is 10.2. The fraction of sp³-hybridized carbons (Fsp3) is 0.364. The van der Waals surface area contributed by atoms with Gasteiger partial charge in [0.2, 0.25) is 10.0 Å². The van der Waals surface area contributed by atoms with Gasteiger partial charge in [0.25, 0.3) is 0 Å². The Bertz CT molecular complexity index is 666. The third-order valence-corrected chi connectivity index (χ3v) is 4.40. The highest BCUT2D eigenvalue weighted by Gasteiger charge is 2.22. The van der Waals surface area contributed by atoms with Gasteiger partial charge in [-0.25, -0.2) is 13.1 Å². The van der Waals surface area contributed by atoms with E-state index < -0.39 is 16.1 Å². The van der Waals surface area contributed by atoms with Crippen molar-refractivity contribution in [2.45, 2.75) is 31.7 Å². The molecule has 1 aromatic heterocycles. The fourth-order valence-corrected chi connectivity index (χ4v) is 3.23. The van der Waals surface area contributed by atoms with Crippen LogP contribution < -0.4 is 4.72 Å². The van der Waals surface area contributed by atoms with Crippen molar-refractivity contribution in [1.82, 2.24) is 25.3 Å². The normalized spacial score (nSPS) is 13.4. The highest BCUT2D eigenvalue weighted by molar-refractivity contribution is 7.89. The minimum atomic E-state index is -3.60. The van der Waals surface area contributed by atoms with Gasteiger partial charge in [-0.2, -0.15) is 5.21 Å². The van der Waals surface area contributed by atoms with E-state index in [-0.39, 0.29) is 4.90 Å². The van der Waals surface area contributed by atoms with E-state index in [2.05, 4.69) is 25.3 Å². The van der Waals surface area contributed by atoms with E-state index in [9.17, 15) is 8.42 Å². The first-order valence-electron chi connectivity index (χ1n) is 5.73. The van der Waals surface area contributed by atoms with Crippen molar-refractivity contribution in [2.75, 3.05) is 0 Å². The van der Waals surface area contributed by atoms with Gasteiger partial charge < -0.3 is 0 Å². The summed E-state index contributed by atoms with van der Waals surface area (Å²) in [5.74, 6) is 0.299. The molecule has 0 fully saturated rings. The summed E-state index contributed by atoms with van der Waals surface area (Å²) in [6.07, 6.45) is 0. The Labute approximate surface area is 111 Å². The molecule has 1 unspecified atom stereocenters. The molecule has 0 radical (unpaired) electrons. The van der Waals surface area contributed by atoms with Gasteiger partial charge in [-0.15, -0.1) is 10.2 Å². The molecule has 0 aliphatic carbocycles. The Kier molecular flexibility index (Phi) is 3.63. The molecule has 1 heterocycles. The second-order valence-electron chi connectivity index (χ2n) is 4.38. The van der Waals surface area contributed by atoms with Gasteiger partial charge in [-0.05, 0) is 32.4 Å². The number of aromatic amines is 1. The lowest BCUT2D eigenvalue weighted by molar-refractivity contribution is 0.559. The van der Waals surface area contributed by atoms with Crippen LogP contribution in [0.15, 0.2) is 23.1 Å². The van der Waals surface area contributed by atoms with Crippen LogP contribution in [-0.4, -0.2) is 29.0 Å². The summed E-state index contributed by atoms with van der Waals surface area (Å²) in [4.78, 5) is 0.258. The maximum Gasteiger partial charge on any atom is 0.241 e. The summed E-state index contributed by atoms with van der Waals surface area (Å²) in [6.45, 7) is 5.34. The molecular weight excluding hydrogens is 266 g/mol. The smallest absolute Gasteiger partial charge is 0.207 e. The number of aromatic nitrogens is 4. The lowest BCUT2D eigenvalue weighted by Crippen LogP contribution is -2.28. The number of nitrogens with zero attached hydrogens (tertiary/aromatic N) is 3. The van der Waals surface area contributed by atoms with Crippen LogP contribution in [0.4, 0.5) is 0 Å². The SMILES string of the molecule is Cc1ccc(S(=O)(=O)NC(C)c2nn[nH]n2)c(C)c1. The minimum absolute atomic E-state index is 0.258. The maximum atomic E-state index is 12.3. The van der Waals surface area contributed by atoms with Crippen molar-refractivity contribution >= 4 is 10.0 Å². The van der Waals surface area contributed by atoms with Crippen molar-refractivity contribution in [1.29, 1.82) is 0 Å². The van der Waals surface area contributed by atoms with Crippen molar-refractivity contribution in [3.8, 4) is 0 Å². The molecule has 1 atom stereocenters. The zero-order chi connectivity index (χ0) is 14.0. The summed E-state index contributed by atoms with van der Waals surface area (Å²) in [6, 6.07) is 4.63. The summed E-state index contributed by atoms with van der Waals surface area (Å²) in [7, 11) is -3.60. The largest absolute Gasteiger partial charge is 0.241 e. The molecule has 0 amide bonds. The van der Waals surface area contributed by atoms with Crippen molar-refractivity contribution in [3.05, 3.63) is 35.2 Å². The predicted molar refractivity (Wildman–Crippen MR) is 68.8 cm³/mol. The number of hydrogen-bond donors (Lipinski definition) is 2. The molecule has 0 spiro atoms. The maximum absolute atomic E-state index is 12.3. The van der Waals surface area contributed by atoms with E-state index in [0.717, 1.165) is 5.56 Å². The van der Waals surface area contributed by atoms with E-state index in [1.807, 2.05) is 13.0 Å². The van der Waals surface area contributed by atoms with Crippen molar-refractivity contribution < 1.29 is 8.42 Å². The standard InChI is InChI=1S/C11H15N5O2S/c1-7-4-5-10(8(2)6-7)19(17,18)14-9(3)11-12-15-16-13-11/h4-6,9,14H,1-3H3,(H,12,13,15,16). The van der Waals surface area contributed by atoms with Gasteiger partial charge in [0.1, 0.15) is 0 Å². The molecule has 19 heavy (non-hydrogen) atoms. The fourth-order valence-electron chi connectivity index (χ4n) is 1.80. The molecule has 2 aromatic rings. The van der Waals surface area contributed by atoms with Crippen LogP contribution >= 0.6 is 0 Å². The van der Waals surface area contributed by atoms with Crippen molar-refractivity contribution in [3.63, 3.8) is 0 Å². The number of nitrogens with one attached hydrogen (secondary N) is 2. The first-order valence-corrected chi connectivity index (χ1v) is 7.21. The third kappa shape index (κ3) is 2.96. The average molecular weight is 281 g/mol. The summed E-state index contributed by atoms with van der Waals surface area (Å²) in [5.41, 5.74) is 1.72. The van der Waals surface area contributed by atoms with Gasteiger partial charge in [0.15, 0.2) is 5.82 Å². The molecule has 7 nitrogen and oxygen atoms in total. The zero-order valence-electron chi connectivity index (χ0n) is 10.9. The summed E-state index contributed by atoms with van der Waals surface area (Å²) < 4.78 is 27.1. The quantitative estimate of drug-likeness (QED) is 0.865. The van der Waals surface area contributed by atoms with Gasteiger partial charge in [0.05, 0.1) is 10.9 Å². The van der Waals surface area contributed by atoms with Gasteiger partial charge in [-0.3, -0.25) is 0 Å². The Morgan fingerprint density at radius 2 is 2.05 bits per heavy atom. The second-order valence-corrected chi connectivity index (χ2v) is 6.06. The van der Waals surface area contributed by atoms with Crippen LogP contribution in [0, 0.1) is 13.8 Å². The van der Waals surface area contributed by atoms with E-state index in [4.69, 9.17) is 0 Å². The number of aryl methyl sites for hydroxylation is 2. The first kappa shape index (κ1) is 13.6. The minimum Gasteiger partial charge on any atom is -0.207 e. The van der Waals surface area contributed by atoms with Crippen LogP contribution in [0.1, 0.15) is 29.9 Å². The molecule has 0 bridgehead atoms. The lowest BCUT2D eigenvalue weighted by Gasteiger charge is -2.13. The zero-order valence-corrected chi connectivity index (χ0v) is 11.7. The number of sulfonamides is 1. The molecule has 8 heteroatoms. The Hall–Kier alpha value is -1.80.